The van der Waals surface area contributed by atoms with Crippen LogP contribution >= 0.6 is 0 Å². The van der Waals surface area contributed by atoms with Gasteiger partial charge in [0.05, 0.1) is 18.5 Å². The van der Waals surface area contributed by atoms with Crippen molar-refractivity contribution in [2.24, 2.45) is 0 Å². The zero-order chi connectivity index (χ0) is 10.4. The monoisotopic (exact) mass is 201 g/mol. The molecule has 0 unspecified atom stereocenters. The van der Waals surface area contributed by atoms with Crippen molar-refractivity contribution in [1.82, 2.24) is 4.98 Å². The number of hydrogen-bond donors (Lipinski definition) is 0. The third kappa shape index (κ3) is 1.49. The van der Waals surface area contributed by atoms with Gasteiger partial charge in [-0.1, -0.05) is 0 Å². The number of aryl methyl sites for hydroxylation is 1. The summed E-state index contributed by atoms with van der Waals surface area (Å²) >= 11 is 0. The van der Waals surface area contributed by atoms with Crippen LogP contribution < -0.4 is 0 Å². The molecule has 0 atom stereocenters. The van der Waals surface area contributed by atoms with Crippen molar-refractivity contribution in [2.45, 2.75) is 31.4 Å². The van der Waals surface area contributed by atoms with Crippen molar-refractivity contribution >= 4 is 0 Å². The van der Waals surface area contributed by atoms with Gasteiger partial charge in [-0.05, 0) is 24.6 Å². The van der Waals surface area contributed by atoms with E-state index in [1.54, 1.807) is 13.0 Å². The molecule has 0 radical (unpaired) electrons. The Hall–Kier alpha value is -1.06. The smallest absolute Gasteiger partial charge is 0.255 e. The van der Waals surface area contributed by atoms with Crippen LogP contribution in [0, 0.1) is 6.92 Å². The second-order valence-corrected chi connectivity index (χ2v) is 3.89. The lowest BCUT2D eigenvalue weighted by atomic mass is 9.75. The molecule has 1 aliphatic carbocycles. The molecule has 0 aromatic carbocycles. The molecule has 1 fully saturated rings. The Bertz CT molecular complexity index is 354. The van der Waals surface area contributed by atoms with E-state index in [4.69, 9.17) is 0 Å². The van der Waals surface area contributed by atoms with Gasteiger partial charge in [-0.3, -0.25) is 4.98 Å². The summed E-state index contributed by atoms with van der Waals surface area (Å²) in [5, 5.41) is 0. The Morgan fingerprint density at radius 3 is 2.43 bits per heavy atom. The maximum absolute atomic E-state index is 13.8. The molecular weight excluding hydrogens is 191 g/mol. The maximum atomic E-state index is 13.8. The van der Waals surface area contributed by atoms with Gasteiger partial charge in [0.2, 0.25) is 0 Å². The van der Waals surface area contributed by atoms with Gasteiger partial charge < -0.3 is 0 Å². The van der Waals surface area contributed by atoms with Crippen LogP contribution in [0.2, 0.25) is 0 Å². The van der Waals surface area contributed by atoms with Gasteiger partial charge in [0.15, 0.2) is 5.67 Å². The number of pyridine rings is 1. The molecule has 0 aliphatic heterocycles. The molecule has 4 heteroatoms. The normalized spacial score (nSPS) is 22.9. The van der Waals surface area contributed by atoms with Crippen molar-refractivity contribution in [3.05, 3.63) is 29.6 Å². The van der Waals surface area contributed by atoms with E-state index in [0.29, 0.717) is 0 Å². The van der Waals surface area contributed by atoms with Gasteiger partial charge >= 0.3 is 0 Å². The molecule has 1 aromatic heterocycles. The molecule has 14 heavy (non-hydrogen) atoms. The lowest BCUT2D eigenvalue weighted by molar-refractivity contribution is -0.176. The van der Waals surface area contributed by atoms with Crippen LogP contribution in [0.4, 0.5) is 13.2 Å². The summed E-state index contributed by atoms with van der Waals surface area (Å²) in [6, 6.07) is 3.24. The third-order valence-corrected chi connectivity index (χ3v) is 2.45. The predicted molar refractivity (Wildman–Crippen MR) is 45.9 cm³/mol. The number of rotatable bonds is 1. The zero-order valence-corrected chi connectivity index (χ0v) is 7.73. The van der Waals surface area contributed by atoms with Crippen molar-refractivity contribution in [2.75, 3.05) is 0 Å². The minimum Gasteiger partial charge on any atom is -0.258 e. The van der Waals surface area contributed by atoms with Gasteiger partial charge in [0.1, 0.15) is 0 Å². The van der Waals surface area contributed by atoms with Crippen molar-refractivity contribution < 1.29 is 13.2 Å². The fourth-order valence-corrected chi connectivity index (χ4v) is 1.73. The number of nitrogens with zero attached hydrogens (tertiary/aromatic N) is 1. The Morgan fingerprint density at radius 1 is 1.29 bits per heavy atom. The highest BCUT2D eigenvalue weighted by atomic mass is 19.3. The second kappa shape index (κ2) is 2.72. The second-order valence-electron chi connectivity index (χ2n) is 3.89. The Kier molecular flexibility index (Phi) is 1.84. The first kappa shape index (κ1) is 9.49. The quantitative estimate of drug-likeness (QED) is 0.680. The van der Waals surface area contributed by atoms with Crippen LogP contribution in [0.3, 0.4) is 0 Å². The summed E-state index contributed by atoms with van der Waals surface area (Å²) in [5.41, 5.74) is -0.958. The maximum Gasteiger partial charge on any atom is 0.255 e. The molecule has 2 rings (SSSR count). The zero-order valence-electron chi connectivity index (χ0n) is 7.73. The van der Waals surface area contributed by atoms with Gasteiger partial charge in [0.25, 0.3) is 5.92 Å². The first-order valence-corrected chi connectivity index (χ1v) is 4.41. The van der Waals surface area contributed by atoms with E-state index in [1.165, 1.54) is 12.3 Å². The van der Waals surface area contributed by atoms with E-state index < -0.39 is 24.4 Å². The van der Waals surface area contributed by atoms with E-state index in [-0.39, 0.29) is 5.69 Å². The number of halogens is 3. The molecule has 1 aliphatic rings. The lowest BCUT2D eigenvalue weighted by Crippen LogP contribution is -2.46. The third-order valence-electron chi connectivity index (χ3n) is 2.45. The van der Waals surface area contributed by atoms with E-state index in [0.717, 1.165) is 5.56 Å². The minimum absolute atomic E-state index is 0.128. The Balaban J connectivity index is 2.25. The summed E-state index contributed by atoms with van der Waals surface area (Å²) in [7, 11) is 0. The van der Waals surface area contributed by atoms with Crippen molar-refractivity contribution in [3.63, 3.8) is 0 Å². The fraction of sp³-hybridized carbons (Fsp3) is 0.500. The van der Waals surface area contributed by atoms with Crippen LogP contribution in [-0.4, -0.2) is 10.9 Å². The van der Waals surface area contributed by atoms with Gasteiger partial charge in [-0.25, -0.2) is 13.2 Å². The Morgan fingerprint density at radius 2 is 1.93 bits per heavy atom. The average molecular weight is 201 g/mol. The molecule has 0 bridgehead atoms. The molecule has 0 spiro atoms. The molecule has 1 nitrogen and oxygen atoms in total. The van der Waals surface area contributed by atoms with Crippen molar-refractivity contribution in [3.8, 4) is 0 Å². The molecule has 0 saturated heterocycles. The van der Waals surface area contributed by atoms with Crippen LogP contribution in [0.25, 0.3) is 0 Å². The summed E-state index contributed by atoms with van der Waals surface area (Å²) in [6.07, 6.45) is -0.0324. The minimum atomic E-state index is -2.86. The lowest BCUT2D eigenvalue weighted by Gasteiger charge is -2.40. The van der Waals surface area contributed by atoms with Crippen LogP contribution in [0.15, 0.2) is 18.3 Å². The summed E-state index contributed by atoms with van der Waals surface area (Å²) in [6.45, 7) is 1.78. The predicted octanol–water partition coefficient (Wildman–Crippen LogP) is 2.98. The molecule has 1 saturated carbocycles. The fourth-order valence-electron chi connectivity index (χ4n) is 1.73. The molecular formula is C10H10F3N. The summed E-state index contributed by atoms with van der Waals surface area (Å²) in [5.74, 6) is -2.86. The van der Waals surface area contributed by atoms with Crippen LogP contribution in [0.5, 0.6) is 0 Å². The molecule has 0 amide bonds. The standard InChI is InChI=1S/C10H10F3N/c1-7-2-3-14-8(4-7)9(11)5-10(12,13)6-9/h2-4H,5-6H2,1H3. The van der Waals surface area contributed by atoms with Crippen LogP contribution in [-0.2, 0) is 5.67 Å². The number of aromatic nitrogens is 1. The molecule has 76 valence electrons. The summed E-state index contributed by atoms with van der Waals surface area (Å²) in [4.78, 5) is 3.79. The van der Waals surface area contributed by atoms with Gasteiger partial charge in [-0.15, -0.1) is 0 Å². The molecule has 0 N–H and O–H groups in total. The first-order valence-electron chi connectivity index (χ1n) is 4.41. The highest BCUT2D eigenvalue weighted by molar-refractivity contribution is 5.24. The molecule has 1 heterocycles. The highest BCUT2D eigenvalue weighted by Crippen LogP contribution is 2.53. The molecule has 1 aromatic rings. The first-order chi connectivity index (χ1) is 6.41. The van der Waals surface area contributed by atoms with Crippen LogP contribution in [0.1, 0.15) is 24.1 Å². The number of alkyl halides is 3. The number of hydrogen-bond acceptors (Lipinski definition) is 1. The van der Waals surface area contributed by atoms with Gasteiger partial charge in [0, 0.05) is 6.20 Å². The highest BCUT2D eigenvalue weighted by Gasteiger charge is 2.59. The van der Waals surface area contributed by atoms with E-state index >= 15 is 0 Å². The summed E-state index contributed by atoms with van der Waals surface area (Å²) < 4.78 is 38.9. The van der Waals surface area contributed by atoms with E-state index in [2.05, 4.69) is 4.98 Å². The van der Waals surface area contributed by atoms with E-state index in [1.807, 2.05) is 0 Å². The van der Waals surface area contributed by atoms with E-state index in [9.17, 15) is 13.2 Å². The topological polar surface area (TPSA) is 12.9 Å². The van der Waals surface area contributed by atoms with Crippen molar-refractivity contribution in [1.29, 1.82) is 0 Å². The Labute approximate surface area is 80.0 Å². The SMILES string of the molecule is Cc1ccnc(C2(F)CC(F)(F)C2)c1. The largest absolute Gasteiger partial charge is 0.258 e. The average Bonchev–Trinajstić information content (AvgIpc) is 2.00. The van der Waals surface area contributed by atoms with Gasteiger partial charge in [-0.2, -0.15) is 0 Å².